The van der Waals surface area contributed by atoms with Gasteiger partial charge in [-0.1, -0.05) is 24.3 Å². The number of rotatable bonds is 3. The fourth-order valence-corrected chi connectivity index (χ4v) is 1.28. The molecule has 1 aromatic rings. The number of carboxylic acids is 1. The predicted molar refractivity (Wildman–Crippen MR) is 51.5 cm³/mol. The molecular weight excluding hydrogens is 182 g/mol. The third-order valence-electron chi connectivity index (χ3n) is 2.19. The lowest BCUT2D eigenvalue weighted by Crippen LogP contribution is -2.42. The molecule has 4 nitrogen and oxygen atoms in total. The van der Waals surface area contributed by atoms with Crippen molar-refractivity contribution in [2.45, 2.75) is 19.1 Å². The van der Waals surface area contributed by atoms with Crippen LogP contribution in [-0.4, -0.2) is 16.2 Å². The molecule has 0 spiro atoms. The average Bonchev–Trinajstić information content (AvgIpc) is 2.17. The lowest BCUT2D eigenvalue weighted by atomic mass is 9.89. The molecule has 0 aromatic heterocycles. The first kappa shape index (κ1) is 10.7. The largest absolute Gasteiger partial charge is 0.480 e. The van der Waals surface area contributed by atoms with Crippen LogP contribution in [-0.2, 0) is 16.9 Å². The summed E-state index contributed by atoms with van der Waals surface area (Å²) in [6.07, 6.45) is 0. The Morgan fingerprint density at radius 1 is 1.50 bits per heavy atom. The second kappa shape index (κ2) is 3.77. The summed E-state index contributed by atoms with van der Waals surface area (Å²) in [5.41, 5.74) is 5.17. The number of carbonyl (C=O) groups is 1. The van der Waals surface area contributed by atoms with Crippen LogP contribution in [0.1, 0.15) is 18.1 Å². The Hall–Kier alpha value is -1.39. The fraction of sp³-hybridized carbons (Fsp3) is 0.300. The van der Waals surface area contributed by atoms with E-state index >= 15 is 0 Å². The number of hydrogen-bond donors (Lipinski definition) is 3. The number of aliphatic carboxylic acids is 1. The second-order valence-electron chi connectivity index (χ2n) is 3.32. The maximum Gasteiger partial charge on any atom is 0.328 e. The number of benzene rings is 1. The van der Waals surface area contributed by atoms with Gasteiger partial charge in [-0.25, -0.2) is 4.79 Å². The molecule has 4 heteroatoms. The molecule has 0 bridgehead atoms. The van der Waals surface area contributed by atoms with Crippen molar-refractivity contribution in [3.05, 3.63) is 35.4 Å². The Morgan fingerprint density at radius 2 is 2.07 bits per heavy atom. The minimum Gasteiger partial charge on any atom is -0.480 e. The molecule has 1 aromatic carbocycles. The molecule has 0 aliphatic rings. The molecule has 0 heterocycles. The summed E-state index contributed by atoms with van der Waals surface area (Å²) in [6.45, 7) is 1.19. The van der Waals surface area contributed by atoms with Crippen LogP contribution in [0.4, 0.5) is 0 Å². The highest BCUT2D eigenvalue weighted by Gasteiger charge is 2.31. The highest BCUT2D eigenvalue weighted by molar-refractivity contribution is 5.80. The lowest BCUT2D eigenvalue weighted by Gasteiger charge is -2.22. The summed E-state index contributed by atoms with van der Waals surface area (Å²) in [5, 5.41) is 17.9. The van der Waals surface area contributed by atoms with E-state index in [0.717, 1.165) is 0 Å². The smallest absolute Gasteiger partial charge is 0.328 e. The fourth-order valence-electron chi connectivity index (χ4n) is 1.28. The van der Waals surface area contributed by atoms with E-state index in [1.165, 1.54) is 6.92 Å². The zero-order chi connectivity index (χ0) is 10.8. The van der Waals surface area contributed by atoms with Gasteiger partial charge in [0, 0.05) is 0 Å². The van der Waals surface area contributed by atoms with E-state index in [4.69, 9.17) is 15.9 Å². The van der Waals surface area contributed by atoms with E-state index in [1.54, 1.807) is 24.3 Å². The van der Waals surface area contributed by atoms with Crippen LogP contribution in [0, 0.1) is 0 Å². The van der Waals surface area contributed by atoms with Crippen LogP contribution in [0.15, 0.2) is 24.3 Å². The first-order valence-corrected chi connectivity index (χ1v) is 4.21. The quantitative estimate of drug-likeness (QED) is 0.653. The average molecular weight is 195 g/mol. The number of carboxylic acid groups (broad SMARTS) is 1. The standard InChI is InChI=1S/C10H13NO3/c1-10(11,9(13)14)8-5-3-2-4-7(8)6-12/h2-5,12H,6,11H2,1H3,(H,13,14)/t10-/m0/s1. The Bertz CT molecular complexity index is 347. The first-order chi connectivity index (χ1) is 6.50. The topological polar surface area (TPSA) is 83.6 Å². The van der Waals surface area contributed by atoms with Crippen molar-refractivity contribution in [2.75, 3.05) is 0 Å². The minimum absolute atomic E-state index is 0.212. The van der Waals surface area contributed by atoms with Gasteiger partial charge in [0.15, 0.2) is 0 Å². The minimum atomic E-state index is -1.46. The van der Waals surface area contributed by atoms with Crippen molar-refractivity contribution in [2.24, 2.45) is 5.73 Å². The van der Waals surface area contributed by atoms with Gasteiger partial charge in [0.05, 0.1) is 6.61 Å². The number of nitrogens with two attached hydrogens (primary N) is 1. The summed E-state index contributed by atoms with van der Waals surface area (Å²) in [7, 11) is 0. The molecule has 0 amide bonds. The van der Waals surface area contributed by atoms with Gasteiger partial charge in [0.25, 0.3) is 0 Å². The monoisotopic (exact) mass is 195 g/mol. The summed E-state index contributed by atoms with van der Waals surface area (Å²) in [5.74, 6) is -1.11. The molecule has 0 unspecified atom stereocenters. The van der Waals surface area contributed by atoms with Crippen molar-refractivity contribution >= 4 is 5.97 Å². The third-order valence-corrected chi connectivity index (χ3v) is 2.19. The van der Waals surface area contributed by atoms with Crippen LogP contribution in [0.3, 0.4) is 0 Å². The number of aliphatic hydroxyl groups excluding tert-OH is 1. The Morgan fingerprint density at radius 3 is 2.57 bits per heavy atom. The molecular formula is C10H13NO3. The molecule has 0 saturated heterocycles. The summed E-state index contributed by atoms with van der Waals surface area (Å²) in [4.78, 5) is 10.9. The normalized spacial score (nSPS) is 14.8. The molecule has 4 N–H and O–H groups in total. The van der Waals surface area contributed by atoms with Crippen molar-refractivity contribution in [3.8, 4) is 0 Å². The van der Waals surface area contributed by atoms with Gasteiger partial charge < -0.3 is 15.9 Å². The molecule has 0 aliphatic heterocycles. The Balaban J connectivity index is 3.24. The van der Waals surface area contributed by atoms with Crippen molar-refractivity contribution in [1.29, 1.82) is 0 Å². The molecule has 0 radical (unpaired) electrons. The predicted octanol–water partition coefficient (Wildman–Crippen LogP) is 0.437. The lowest BCUT2D eigenvalue weighted by molar-refractivity contribution is -0.143. The van der Waals surface area contributed by atoms with Crippen molar-refractivity contribution in [3.63, 3.8) is 0 Å². The zero-order valence-corrected chi connectivity index (χ0v) is 7.90. The maximum absolute atomic E-state index is 10.9. The summed E-state index contributed by atoms with van der Waals surface area (Å²) < 4.78 is 0. The van der Waals surface area contributed by atoms with E-state index in [2.05, 4.69) is 0 Å². The summed E-state index contributed by atoms with van der Waals surface area (Å²) in [6, 6.07) is 6.69. The van der Waals surface area contributed by atoms with Gasteiger partial charge in [-0.2, -0.15) is 0 Å². The van der Waals surface area contributed by atoms with Gasteiger partial charge in [-0.3, -0.25) is 0 Å². The molecule has 0 aliphatic carbocycles. The van der Waals surface area contributed by atoms with Gasteiger partial charge in [-0.15, -0.1) is 0 Å². The SMILES string of the molecule is C[C@@](N)(C(=O)O)c1ccccc1CO. The molecule has 76 valence electrons. The zero-order valence-electron chi connectivity index (χ0n) is 7.90. The van der Waals surface area contributed by atoms with Crippen LogP contribution < -0.4 is 5.73 Å². The van der Waals surface area contributed by atoms with E-state index in [9.17, 15) is 4.79 Å². The van der Waals surface area contributed by atoms with Crippen LogP contribution >= 0.6 is 0 Å². The summed E-state index contributed by atoms with van der Waals surface area (Å²) >= 11 is 0. The molecule has 1 rings (SSSR count). The van der Waals surface area contributed by atoms with Crippen molar-refractivity contribution in [1.82, 2.24) is 0 Å². The van der Waals surface area contributed by atoms with E-state index in [0.29, 0.717) is 11.1 Å². The molecule has 14 heavy (non-hydrogen) atoms. The highest BCUT2D eigenvalue weighted by atomic mass is 16.4. The Kier molecular flexibility index (Phi) is 2.88. The van der Waals surface area contributed by atoms with Gasteiger partial charge in [0.1, 0.15) is 5.54 Å². The molecule has 1 atom stereocenters. The van der Waals surface area contributed by atoms with Crippen molar-refractivity contribution < 1.29 is 15.0 Å². The first-order valence-electron chi connectivity index (χ1n) is 4.21. The van der Waals surface area contributed by atoms with Crippen LogP contribution in [0.2, 0.25) is 0 Å². The van der Waals surface area contributed by atoms with Gasteiger partial charge in [-0.05, 0) is 18.1 Å². The van der Waals surface area contributed by atoms with Gasteiger partial charge >= 0.3 is 5.97 Å². The van der Waals surface area contributed by atoms with E-state index in [1.807, 2.05) is 0 Å². The second-order valence-corrected chi connectivity index (χ2v) is 3.32. The Labute approximate surface area is 82.0 Å². The van der Waals surface area contributed by atoms with E-state index < -0.39 is 11.5 Å². The van der Waals surface area contributed by atoms with Crippen LogP contribution in [0.25, 0.3) is 0 Å². The molecule has 0 fully saturated rings. The van der Waals surface area contributed by atoms with Crippen LogP contribution in [0.5, 0.6) is 0 Å². The number of hydrogen-bond acceptors (Lipinski definition) is 3. The maximum atomic E-state index is 10.9. The molecule has 0 saturated carbocycles. The van der Waals surface area contributed by atoms with E-state index in [-0.39, 0.29) is 6.61 Å². The van der Waals surface area contributed by atoms with Gasteiger partial charge in [0.2, 0.25) is 0 Å². The number of aliphatic hydroxyl groups is 1. The highest BCUT2D eigenvalue weighted by Crippen LogP contribution is 2.22. The third kappa shape index (κ3) is 1.76.